The lowest BCUT2D eigenvalue weighted by molar-refractivity contribution is -0.385. The minimum absolute atomic E-state index is 0.0645. The zero-order valence-electron chi connectivity index (χ0n) is 23.2. The number of carbonyl (C=O) groups is 3. The van der Waals surface area contributed by atoms with Crippen LogP contribution in [0.1, 0.15) is 30.9 Å². The first-order valence-electron chi connectivity index (χ1n) is 13.4. The average Bonchev–Trinajstić information content (AvgIpc) is 3.62. The van der Waals surface area contributed by atoms with Gasteiger partial charge < -0.3 is 19.7 Å². The number of carbonyl (C=O) groups excluding carboxylic acids is 3. The number of hydrogen-bond acceptors (Lipinski definition) is 10. The third kappa shape index (κ3) is 8.41. The van der Waals surface area contributed by atoms with Gasteiger partial charge in [0.25, 0.3) is 11.4 Å². The summed E-state index contributed by atoms with van der Waals surface area (Å²) in [7, 11) is 0. The Morgan fingerprint density at radius 1 is 0.953 bits per heavy atom. The molecule has 43 heavy (non-hydrogen) atoms. The topological polar surface area (TPSA) is 187 Å². The first-order valence-corrected chi connectivity index (χ1v) is 13.9. The van der Waals surface area contributed by atoms with E-state index in [4.69, 9.17) is 9.47 Å². The number of amides is 3. The molecule has 2 aromatic carbocycles. The predicted molar refractivity (Wildman–Crippen MR) is 156 cm³/mol. The van der Waals surface area contributed by atoms with Crippen molar-refractivity contribution in [3.05, 3.63) is 79.9 Å². The van der Waals surface area contributed by atoms with Gasteiger partial charge in [-0.3, -0.25) is 29.9 Å². The second kappa shape index (κ2) is 14.0. The van der Waals surface area contributed by atoms with E-state index in [1.165, 1.54) is 53.4 Å². The second-order valence-electron chi connectivity index (χ2n) is 10.1. The van der Waals surface area contributed by atoms with E-state index in [1.54, 1.807) is 6.92 Å². The Morgan fingerprint density at radius 3 is 2.07 bits per heavy atom. The molecule has 15 nitrogen and oxygen atoms in total. The van der Waals surface area contributed by atoms with Crippen molar-refractivity contribution in [2.24, 2.45) is 4.99 Å². The summed E-state index contributed by atoms with van der Waals surface area (Å²) >= 11 is 4.46. The van der Waals surface area contributed by atoms with Gasteiger partial charge in [0.15, 0.2) is 0 Å². The molecular formula is C27H30N6O9S. The van der Waals surface area contributed by atoms with Gasteiger partial charge in [0.1, 0.15) is 25.1 Å². The van der Waals surface area contributed by atoms with Crippen LogP contribution in [0.5, 0.6) is 0 Å². The largest absolute Gasteiger partial charge is 0.445 e. The van der Waals surface area contributed by atoms with E-state index >= 15 is 0 Å². The number of non-ortho nitro benzene ring substituents is 2. The highest BCUT2D eigenvalue weighted by Crippen LogP contribution is 2.24. The van der Waals surface area contributed by atoms with E-state index in [9.17, 15) is 34.6 Å². The fourth-order valence-electron chi connectivity index (χ4n) is 4.77. The molecule has 2 aromatic rings. The maximum atomic E-state index is 13.2. The van der Waals surface area contributed by atoms with Crippen molar-refractivity contribution in [3.8, 4) is 0 Å². The molecule has 2 aliphatic heterocycles. The van der Waals surface area contributed by atoms with E-state index in [0.717, 1.165) is 0 Å². The fourth-order valence-corrected chi connectivity index (χ4v) is 5.15. The first kappa shape index (κ1) is 31.2. The summed E-state index contributed by atoms with van der Waals surface area (Å²) in [6, 6.07) is 10.3. The van der Waals surface area contributed by atoms with Crippen molar-refractivity contribution in [1.29, 1.82) is 0 Å². The number of nitrogens with one attached hydrogen (secondary N) is 1. The normalized spacial score (nSPS) is 20.0. The number of nitro benzene ring substituents is 2. The molecule has 3 atom stereocenters. The van der Waals surface area contributed by atoms with Gasteiger partial charge in [0, 0.05) is 55.2 Å². The van der Waals surface area contributed by atoms with Crippen LogP contribution in [0.2, 0.25) is 0 Å². The maximum Gasteiger partial charge on any atom is 0.435 e. The zero-order chi connectivity index (χ0) is 31.1. The van der Waals surface area contributed by atoms with Crippen molar-refractivity contribution >= 4 is 47.9 Å². The van der Waals surface area contributed by atoms with Gasteiger partial charge in [0.05, 0.1) is 9.85 Å². The van der Waals surface area contributed by atoms with E-state index in [0.29, 0.717) is 42.9 Å². The second-order valence-corrected chi connectivity index (χ2v) is 10.8. The molecule has 2 aliphatic rings. The Hall–Kier alpha value is -4.73. The van der Waals surface area contributed by atoms with Crippen LogP contribution in [0.15, 0.2) is 53.5 Å². The lowest BCUT2D eigenvalue weighted by Crippen LogP contribution is -2.49. The van der Waals surface area contributed by atoms with Crippen LogP contribution in [0.4, 0.5) is 21.0 Å². The van der Waals surface area contributed by atoms with E-state index in [-0.39, 0.29) is 48.3 Å². The third-order valence-electron chi connectivity index (χ3n) is 7.08. The Balaban J connectivity index is 1.24. The van der Waals surface area contributed by atoms with Crippen molar-refractivity contribution in [2.75, 3.05) is 19.6 Å². The first-order chi connectivity index (χ1) is 20.5. The molecule has 3 amide bonds. The summed E-state index contributed by atoms with van der Waals surface area (Å²) in [5, 5.41) is 24.3. The van der Waals surface area contributed by atoms with E-state index < -0.39 is 28.1 Å². The quantitative estimate of drug-likeness (QED) is 0.147. The van der Waals surface area contributed by atoms with Gasteiger partial charge in [0.2, 0.25) is 5.91 Å². The molecule has 0 spiro atoms. The summed E-state index contributed by atoms with van der Waals surface area (Å²) in [5.74, 6) is 0.0750. The van der Waals surface area contributed by atoms with Crippen molar-refractivity contribution in [3.63, 3.8) is 0 Å². The minimum Gasteiger partial charge on any atom is -0.445 e. The maximum absolute atomic E-state index is 13.2. The molecule has 4 rings (SSSR count). The Morgan fingerprint density at radius 2 is 1.51 bits per heavy atom. The van der Waals surface area contributed by atoms with E-state index in [1.807, 2.05) is 4.90 Å². The molecule has 228 valence electrons. The molecule has 16 heteroatoms. The monoisotopic (exact) mass is 614 g/mol. The van der Waals surface area contributed by atoms with Crippen LogP contribution in [0, 0.1) is 20.2 Å². The molecular weight excluding hydrogens is 584 g/mol. The molecule has 1 N–H and O–H groups in total. The number of thiol groups is 1. The molecule has 2 heterocycles. The van der Waals surface area contributed by atoms with Crippen LogP contribution in [-0.4, -0.2) is 80.5 Å². The van der Waals surface area contributed by atoms with Gasteiger partial charge in [-0.1, -0.05) is 0 Å². The summed E-state index contributed by atoms with van der Waals surface area (Å²) in [5.41, 5.74) is 1.01. The number of rotatable bonds is 8. The van der Waals surface area contributed by atoms with Crippen molar-refractivity contribution in [2.45, 2.75) is 50.3 Å². The lowest BCUT2D eigenvalue weighted by atomic mass is 10.1. The zero-order valence-corrected chi connectivity index (χ0v) is 24.1. The fraction of sp³-hybridized carbons (Fsp3) is 0.407. The summed E-state index contributed by atoms with van der Waals surface area (Å²) in [4.78, 5) is 65.8. The highest BCUT2D eigenvalue weighted by atomic mass is 32.1. The summed E-state index contributed by atoms with van der Waals surface area (Å²) in [6.07, 6.45) is -0.549. The van der Waals surface area contributed by atoms with Crippen LogP contribution >= 0.6 is 12.6 Å². The molecule has 0 unspecified atom stereocenters. The van der Waals surface area contributed by atoms with Crippen molar-refractivity contribution < 1.29 is 33.7 Å². The number of nitrogens with zero attached hydrogens (tertiary/aromatic N) is 5. The van der Waals surface area contributed by atoms with Gasteiger partial charge >= 0.3 is 12.2 Å². The minimum atomic E-state index is -0.808. The van der Waals surface area contributed by atoms with Crippen molar-refractivity contribution in [1.82, 2.24) is 15.1 Å². The Kier molecular flexibility index (Phi) is 10.1. The standard InChI is InChI=1S/C27H30N6O9S/c1-17(28-26(35)41-15-18-2-6-21(7-3-18)32(37)38)30-11-10-20(13-30)29-25(34)24-12-23(43)14-31(24)27(36)42-16-19-4-8-22(9-5-19)33(39)40/h2-9,20,23-24,43H,10-16H2,1H3,(H,29,34)/t20-,23-,24-/m0/s1. The summed E-state index contributed by atoms with van der Waals surface area (Å²) < 4.78 is 10.5. The van der Waals surface area contributed by atoms with Gasteiger partial charge in [-0.2, -0.15) is 17.6 Å². The van der Waals surface area contributed by atoms with E-state index in [2.05, 4.69) is 22.9 Å². The smallest absolute Gasteiger partial charge is 0.435 e. The number of ether oxygens (including phenoxy) is 2. The van der Waals surface area contributed by atoms with Gasteiger partial charge in [-0.05, 0) is 55.2 Å². The predicted octanol–water partition coefficient (Wildman–Crippen LogP) is 3.46. The van der Waals surface area contributed by atoms with Crippen LogP contribution < -0.4 is 5.32 Å². The molecule has 0 bridgehead atoms. The molecule has 0 aliphatic carbocycles. The number of amidine groups is 1. The highest BCUT2D eigenvalue weighted by Gasteiger charge is 2.40. The molecule has 2 saturated heterocycles. The Labute approximate surface area is 251 Å². The highest BCUT2D eigenvalue weighted by molar-refractivity contribution is 7.81. The number of nitro groups is 2. The van der Waals surface area contributed by atoms with Crippen LogP contribution in [0.3, 0.4) is 0 Å². The number of hydrogen-bond donors (Lipinski definition) is 2. The molecule has 2 fully saturated rings. The SMILES string of the molecule is CC(=NC(=O)OCc1ccc([N+](=O)[O-])cc1)N1CC[C@H](NC(=O)[C@@H]2C[C@H](S)CN2C(=O)OCc2ccc([N+](=O)[O-])cc2)C1. The van der Waals surface area contributed by atoms with Gasteiger partial charge in [-0.15, -0.1) is 0 Å². The molecule has 0 saturated carbocycles. The average molecular weight is 615 g/mol. The van der Waals surface area contributed by atoms with Gasteiger partial charge in [-0.25, -0.2) is 9.59 Å². The summed E-state index contributed by atoms with van der Waals surface area (Å²) in [6.45, 7) is 2.63. The molecule has 0 radical (unpaired) electrons. The third-order valence-corrected chi connectivity index (χ3v) is 7.45. The van der Waals surface area contributed by atoms with Crippen LogP contribution in [0.25, 0.3) is 0 Å². The number of likely N-dealkylation sites (tertiary alicyclic amines) is 2. The number of benzene rings is 2. The number of aliphatic imine (C=N–C) groups is 1. The lowest BCUT2D eigenvalue weighted by Gasteiger charge is -2.25. The molecule has 0 aromatic heterocycles. The van der Waals surface area contributed by atoms with Crippen LogP contribution in [-0.2, 0) is 27.5 Å². The Bertz CT molecular complexity index is 1400.